The van der Waals surface area contributed by atoms with Crippen molar-refractivity contribution in [3.63, 3.8) is 0 Å². The number of carbonyl (C=O) groups is 3. The van der Waals surface area contributed by atoms with Gasteiger partial charge >= 0.3 is 12.4 Å². The molecule has 0 atom stereocenters. The molecule has 2 N–H and O–H groups in total. The molecule has 4 amide bonds. The van der Waals surface area contributed by atoms with Crippen molar-refractivity contribution in [3.05, 3.63) is 84.1 Å². The van der Waals surface area contributed by atoms with Gasteiger partial charge in [0.2, 0.25) is 0 Å². The highest BCUT2D eigenvalue weighted by atomic mass is 19.4. The Kier molecular flexibility index (Phi) is 5.94. The van der Waals surface area contributed by atoms with Gasteiger partial charge in [-0.3, -0.25) is 20.4 Å². The van der Waals surface area contributed by atoms with Crippen molar-refractivity contribution in [1.29, 1.82) is 0 Å². The maximum Gasteiger partial charge on any atom is 0.573 e. The standard InChI is InChI=1S/C25H20F3N5O4/c26-25(27,28)37-19-8-6-18(7-9-19)33-22(35)24(11-12-24)32(23(33)36)15-16-10-13-29-20(14-16)30-31-21(34)17-4-2-1-3-5-17/h1-10,13-14H,11-12,15H2,(H,29,30)(H,31,34). The van der Waals surface area contributed by atoms with Gasteiger partial charge in [0, 0.05) is 18.3 Å². The number of amides is 4. The molecule has 3 aromatic rings. The lowest BCUT2D eigenvalue weighted by Gasteiger charge is -2.21. The Balaban J connectivity index is 1.29. The summed E-state index contributed by atoms with van der Waals surface area (Å²) in [5.74, 6) is -0.900. The maximum absolute atomic E-state index is 13.3. The number of hydrazine groups is 1. The molecule has 5 rings (SSSR count). The first kappa shape index (κ1) is 24.1. The Hall–Kier alpha value is -4.61. The zero-order valence-corrected chi connectivity index (χ0v) is 19.2. The average Bonchev–Trinajstić information content (AvgIpc) is 3.65. The smallest absolute Gasteiger partial charge is 0.406 e. The maximum atomic E-state index is 13.3. The highest BCUT2D eigenvalue weighted by molar-refractivity contribution is 6.24. The number of anilines is 2. The molecule has 2 aliphatic rings. The summed E-state index contributed by atoms with van der Waals surface area (Å²) in [4.78, 5) is 45.3. The number of imide groups is 1. The summed E-state index contributed by atoms with van der Waals surface area (Å²) in [6.07, 6.45) is -2.39. The van der Waals surface area contributed by atoms with Gasteiger partial charge in [-0.15, -0.1) is 13.2 Å². The van der Waals surface area contributed by atoms with E-state index in [0.29, 0.717) is 29.8 Å². The predicted octanol–water partition coefficient (Wildman–Crippen LogP) is 4.24. The Bertz CT molecular complexity index is 1340. The summed E-state index contributed by atoms with van der Waals surface area (Å²) in [6, 6.07) is 15.9. The Labute approximate surface area is 208 Å². The van der Waals surface area contributed by atoms with Crippen LogP contribution in [0.2, 0.25) is 0 Å². The van der Waals surface area contributed by atoms with Gasteiger partial charge in [0.15, 0.2) is 0 Å². The molecule has 1 spiro atoms. The second-order valence-corrected chi connectivity index (χ2v) is 8.58. The van der Waals surface area contributed by atoms with E-state index in [1.165, 1.54) is 23.2 Å². The van der Waals surface area contributed by atoms with Crippen molar-refractivity contribution < 1.29 is 32.3 Å². The molecule has 1 aromatic heterocycles. The number of hydrogen-bond acceptors (Lipinski definition) is 6. The van der Waals surface area contributed by atoms with E-state index in [0.717, 1.165) is 17.0 Å². The van der Waals surface area contributed by atoms with Crippen LogP contribution >= 0.6 is 0 Å². The van der Waals surface area contributed by atoms with Crippen molar-refractivity contribution in [2.75, 3.05) is 10.3 Å². The molecule has 1 saturated carbocycles. The fourth-order valence-electron chi connectivity index (χ4n) is 4.17. The van der Waals surface area contributed by atoms with Crippen LogP contribution < -0.4 is 20.5 Å². The summed E-state index contributed by atoms with van der Waals surface area (Å²) in [7, 11) is 0. The fraction of sp³-hybridized carbons (Fsp3) is 0.200. The van der Waals surface area contributed by atoms with Crippen LogP contribution in [-0.4, -0.2) is 39.6 Å². The third kappa shape index (κ3) is 4.90. The van der Waals surface area contributed by atoms with Gasteiger partial charge in [-0.25, -0.2) is 14.7 Å². The number of rotatable bonds is 7. The molecule has 1 aliphatic carbocycles. The van der Waals surface area contributed by atoms with Crippen LogP contribution in [0, 0.1) is 0 Å². The molecule has 0 radical (unpaired) electrons. The topological polar surface area (TPSA) is 104 Å². The number of ether oxygens (including phenoxy) is 1. The lowest BCUT2D eigenvalue weighted by atomic mass is 10.2. The molecule has 1 aliphatic heterocycles. The van der Waals surface area contributed by atoms with E-state index in [-0.39, 0.29) is 18.1 Å². The number of nitrogens with zero attached hydrogens (tertiary/aromatic N) is 3. The number of nitrogens with one attached hydrogen (secondary N) is 2. The summed E-state index contributed by atoms with van der Waals surface area (Å²) < 4.78 is 41.2. The SMILES string of the molecule is O=C(NNc1cc(CN2C(=O)N(c3ccc(OC(F)(F)F)cc3)C(=O)C23CC3)ccn1)c1ccccc1. The lowest BCUT2D eigenvalue weighted by Crippen LogP contribution is -2.36. The minimum atomic E-state index is -4.85. The van der Waals surface area contributed by atoms with Crippen molar-refractivity contribution in [2.24, 2.45) is 0 Å². The van der Waals surface area contributed by atoms with Crippen LogP contribution in [0.1, 0.15) is 28.8 Å². The number of hydrogen-bond donors (Lipinski definition) is 2. The van der Waals surface area contributed by atoms with E-state index in [2.05, 4.69) is 20.6 Å². The minimum absolute atomic E-state index is 0.0974. The molecule has 2 fully saturated rings. The van der Waals surface area contributed by atoms with Crippen LogP contribution in [0.5, 0.6) is 5.75 Å². The Morgan fingerprint density at radius 2 is 1.73 bits per heavy atom. The van der Waals surface area contributed by atoms with Crippen LogP contribution in [0.3, 0.4) is 0 Å². The molecule has 37 heavy (non-hydrogen) atoms. The predicted molar refractivity (Wildman–Crippen MR) is 125 cm³/mol. The van der Waals surface area contributed by atoms with Gasteiger partial charge in [-0.2, -0.15) is 0 Å². The zero-order valence-electron chi connectivity index (χ0n) is 19.2. The van der Waals surface area contributed by atoms with Crippen molar-refractivity contribution in [1.82, 2.24) is 15.3 Å². The van der Waals surface area contributed by atoms with Crippen LogP contribution in [0.25, 0.3) is 0 Å². The molecule has 0 unspecified atom stereocenters. The molecule has 190 valence electrons. The first-order valence-corrected chi connectivity index (χ1v) is 11.2. The highest BCUT2D eigenvalue weighted by Crippen LogP contribution is 2.49. The van der Waals surface area contributed by atoms with E-state index < -0.39 is 29.6 Å². The van der Waals surface area contributed by atoms with E-state index in [4.69, 9.17) is 0 Å². The number of carbonyl (C=O) groups excluding carboxylic acids is 3. The van der Waals surface area contributed by atoms with E-state index in [1.807, 2.05) is 0 Å². The summed E-state index contributed by atoms with van der Waals surface area (Å²) in [5, 5.41) is 0. The molecule has 9 nitrogen and oxygen atoms in total. The third-order valence-electron chi connectivity index (χ3n) is 6.10. The second-order valence-electron chi connectivity index (χ2n) is 8.58. The monoisotopic (exact) mass is 511 g/mol. The third-order valence-corrected chi connectivity index (χ3v) is 6.10. The van der Waals surface area contributed by atoms with Crippen LogP contribution in [0.4, 0.5) is 29.5 Å². The molecule has 2 aromatic carbocycles. The first-order valence-electron chi connectivity index (χ1n) is 11.2. The quantitative estimate of drug-likeness (QED) is 0.363. The number of alkyl halides is 3. The van der Waals surface area contributed by atoms with Crippen molar-refractivity contribution in [3.8, 4) is 5.75 Å². The number of halogens is 3. The summed E-state index contributed by atoms with van der Waals surface area (Å²) >= 11 is 0. The van der Waals surface area contributed by atoms with Gasteiger partial charge in [0.1, 0.15) is 17.1 Å². The number of urea groups is 1. The van der Waals surface area contributed by atoms with Gasteiger partial charge < -0.3 is 9.64 Å². The molecule has 2 heterocycles. The number of benzene rings is 2. The number of aromatic nitrogens is 1. The van der Waals surface area contributed by atoms with Gasteiger partial charge in [-0.1, -0.05) is 18.2 Å². The first-order chi connectivity index (χ1) is 17.7. The Morgan fingerprint density at radius 1 is 1.03 bits per heavy atom. The van der Waals surface area contributed by atoms with Crippen molar-refractivity contribution >= 4 is 29.4 Å². The fourth-order valence-corrected chi connectivity index (χ4v) is 4.17. The van der Waals surface area contributed by atoms with Gasteiger partial charge in [0.25, 0.3) is 11.8 Å². The number of pyridine rings is 1. The average molecular weight is 511 g/mol. The van der Waals surface area contributed by atoms with E-state index in [1.54, 1.807) is 42.5 Å². The zero-order chi connectivity index (χ0) is 26.2. The summed E-state index contributed by atoms with van der Waals surface area (Å²) in [6.45, 7) is 0.0974. The highest BCUT2D eigenvalue weighted by Gasteiger charge is 2.65. The molecule has 0 bridgehead atoms. The van der Waals surface area contributed by atoms with Crippen molar-refractivity contribution in [2.45, 2.75) is 31.3 Å². The van der Waals surface area contributed by atoms with E-state index in [9.17, 15) is 27.6 Å². The van der Waals surface area contributed by atoms with Crippen LogP contribution in [0.15, 0.2) is 72.9 Å². The van der Waals surface area contributed by atoms with Gasteiger partial charge in [-0.05, 0) is 66.9 Å². The normalized spacial score (nSPS) is 16.2. The second kappa shape index (κ2) is 9.12. The largest absolute Gasteiger partial charge is 0.573 e. The van der Waals surface area contributed by atoms with E-state index >= 15 is 0 Å². The van der Waals surface area contributed by atoms with Gasteiger partial charge in [0.05, 0.1) is 5.69 Å². The molecular weight excluding hydrogens is 491 g/mol. The molecule has 12 heteroatoms. The summed E-state index contributed by atoms with van der Waals surface area (Å²) in [5.41, 5.74) is 5.57. The molecule has 1 saturated heterocycles. The lowest BCUT2D eigenvalue weighted by molar-refractivity contribution is -0.274. The minimum Gasteiger partial charge on any atom is -0.406 e. The molecular formula is C25H20F3N5O4. The Morgan fingerprint density at radius 3 is 2.38 bits per heavy atom. The van der Waals surface area contributed by atoms with Crippen LogP contribution in [-0.2, 0) is 11.3 Å².